The maximum Gasteiger partial charge on any atom is 0.190 e. The third-order valence-corrected chi connectivity index (χ3v) is 5.17. The first-order valence-electron chi connectivity index (χ1n) is 7.27. The van der Waals surface area contributed by atoms with Crippen molar-refractivity contribution >= 4 is 39.0 Å². The second-order valence-corrected chi connectivity index (χ2v) is 7.07. The first kappa shape index (κ1) is 16.3. The molecule has 0 bridgehead atoms. The smallest absolute Gasteiger partial charge is 0.190 e. The van der Waals surface area contributed by atoms with Crippen LogP contribution < -0.4 is 4.80 Å². The molecule has 2 aromatic carbocycles. The average molecular weight is 346 g/mol. The van der Waals surface area contributed by atoms with Gasteiger partial charge in [-0.05, 0) is 30.5 Å². The molecule has 120 valence electrons. The van der Waals surface area contributed by atoms with Gasteiger partial charge in [0, 0.05) is 17.9 Å². The summed E-state index contributed by atoms with van der Waals surface area (Å²) in [4.78, 5) is 5.70. The third kappa shape index (κ3) is 3.67. The van der Waals surface area contributed by atoms with Crippen molar-refractivity contribution in [2.45, 2.75) is 12.8 Å². The number of rotatable bonds is 5. The number of fused-ring (bicyclic) bond motifs is 1. The summed E-state index contributed by atoms with van der Waals surface area (Å²) in [6, 6.07) is 15.3. The van der Waals surface area contributed by atoms with Crippen molar-refractivity contribution in [1.29, 1.82) is 0 Å². The van der Waals surface area contributed by atoms with Gasteiger partial charge in [0.2, 0.25) is 0 Å². The number of aliphatic hydroxyl groups is 2. The summed E-state index contributed by atoms with van der Waals surface area (Å²) in [5, 5.41) is 18.3. The molecule has 0 fully saturated rings. The van der Waals surface area contributed by atoms with Crippen LogP contribution in [0.4, 0.5) is 5.69 Å². The minimum Gasteiger partial charge on any atom is -0.364 e. The Balaban J connectivity index is 2.06. The van der Waals surface area contributed by atoms with Gasteiger partial charge in [-0.3, -0.25) is 0 Å². The molecule has 0 spiro atoms. The van der Waals surface area contributed by atoms with Crippen LogP contribution in [0.15, 0.2) is 53.5 Å². The van der Waals surface area contributed by atoms with Gasteiger partial charge in [0.15, 0.2) is 11.1 Å². The van der Waals surface area contributed by atoms with E-state index in [0.717, 1.165) is 22.8 Å². The number of aliphatic hydroxyl groups excluding tert-OH is 1. The monoisotopic (exact) mass is 346 g/mol. The Morgan fingerprint density at radius 3 is 2.57 bits per heavy atom. The van der Waals surface area contributed by atoms with Crippen LogP contribution in [0.3, 0.4) is 0 Å². The van der Waals surface area contributed by atoms with Gasteiger partial charge >= 0.3 is 0 Å². The minimum atomic E-state index is -1.44. The van der Waals surface area contributed by atoms with Gasteiger partial charge in [-0.15, -0.1) is 0 Å². The number of aromatic nitrogens is 1. The number of aryl methyl sites for hydroxylation is 1. The normalized spacial score (nSPS) is 12.4. The number of para-hydroxylation sites is 1. The molecule has 1 heterocycles. The van der Waals surface area contributed by atoms with Crippen LogP contribution in [0.1, 0.15) is 11.9 Å². The molecular weight excluding hydrogens is 328 g/mol. The van der Waals surface area contributed by atoms with Crippen molar-refractivity contribution in [2.75, 3.05) is 12.0 Å². The Labute approximate surface area is 142 Å². The van der Waals surface area contributed by atoms with Crippen LogP contribution in [-0.2, 0) is 6.54 Å². The molecule has 3 aromatic rings. The second-order valence-electron chi connectivity index (χ2n) is 5.07. The van der Waals surface area contributed by atoms with Crippen LogP contribution in [0.5, 0.6) is 0 Å². The molecule has 0 saturated carbocycles. The molecule has 0 aliphatic rings. The second kappa shape index (κ2) is 7.31. The highest BCUT2D eigenvalue weighted by Gasteiger charge is 2.06. The molecule has 0 amide bonds. The molecule has 0 saturated heterocycles. The van der Waals surface area contributed by atoms with E-state index in [0.29, 0.717) is 5.56 Å². The first-order valence-corrected chi connectivity index (χ1v) is 9.48. The first-order chi connectivity index (χ1) is 11.2. The number of nitrogens with zero attached hydrogens (tertiary/aromatic N) is 2. The number of hydrogen-bond donors (Lipinski definition) is 2. The molecule has 2 N–H and O–H groups in total. The average Bonchev–Trinajstić information content (AvgIpc) is 2.90. The van der Waals surface area contributed by atoms with E-state index in [1.807, 2.05) is 23.9 Å². The lowest BCUT2D eigenvalue weighted by molar-refractivity contribution is -0.0424. The Morgan fingerprint density at radius 2 is 1.87 bits per heavy atom. The quantitative estimate of drug-likeness (QED) is 0.697. The Hall–Kier alpha value is -1.60. The molecule has 0 atom stereocenters. The summed E-state index contributed by atoms with van der Waals surface area (Å²) < 4.78 is 3.46. The van der Waals surface area contributed by atoms with E-state index in [1.165, 1.54) is 10.2 Å². The topological polar surface area (TPSA) is 57.8 Å². The highest BCUT2D eigenvalue weighted by Crippen LogP contribution is 2.20. The molecule has 0 unspecified atom stereocenters. The Kier molecular flexibility index (Phi) is 5.17. The summed E-state index contributed by atoms with van der Waals surface area (Å²) in [6.07, 6.45) is 0.657. The fourth-order valence-corrected chi connectivity index (χ4v) is 3.78. The number of thiazole rings is 1. The Bertz CT molecular complexity index is 851. The maximum absolute atomic E-state index is 9.16. The molecular formula is C17H18N2O2S2. The van der Waals surface area contributed by atoms with Crippen LogP contribution >= 0.6 is 23.1 Å². The summed E-state index contributed by atoms with van der Waals surface area (Å²) in [7, 11) is 0. The SMILES string of the molecule is CSCCn1c(=Nc2ccc(C(O)O)cc2)sc2ccccc21. The number of thioether (sulfide) groups is 1. The van der Waals surface area contributed by atoms with E-state index in [4.69, 9.17) is 15.2 Å². The maximum atomic E-state index is 9.16. The van der Waals surface area contributed by atoms with Gasteiger partial charge < -0.3 is 14.8 Å². The minimum absolute atomic E-state index is 0.468. The van der Waals surface area contributed by atoms with Gasteiger partial charge in [0.05, 0.1) is 15.9 Å². The summed E-state index contributed by atoms with van der Waals surface area (Å²) >= 11 is 3.48. The van der Waals surface area contributed by atoms with Crippen molar-refractivity contribution in [3.05, 3.63) is 58.9 Å². The fraction of sp³-hybridized carbons (Fsp3) is 0.235. The molecule has 0 aliphatic heterocycles. The van der Waals surface area contributed by atoms with Crippen molar-refractivity contribution in [3.8, 4) is 0 Å². The lowest BCUT2D eigenvalue weighted by Crippen LogP contribution is -2.15. The van der Waals surface area contributed by atoms with Gasteiger partial charge in [0.25, 0.3) is 0 Å². The van der Waals surface area contributed by atoms with Gasteiger partial charge in [0.1, 0.15) is 0 Å². The summed E-state index contributed by atoms with van der Waals surface area (Å²) in [6.45, 7) is 0.914. The zero-order chi connectivity index (χ0) is 16.2. The molecule has 0 radical (unpaired) electrons. The molecule has 6 heteroatoms. The molecule has 23 heavy (non-hydrogen) atoms. The predicted molar refractivity (Wildman–Crippen MR) is 97.0 cm³/mol. The fourth-order valence-electron chi connectivity index (χ4n) is 2.34. The molecule has 3 rings (SSSR count). The van der Waals surface area contributed by atoms with Crippen molar-refractivity contribution in [3.63, 3.8) is 0 Å². The van der Waals surface area contributed by atoms with Crippen LogP contribution in [0, 0.1) is 0 Å². The molecule has 4 nitrogen and oxygen atoms in total. The molecule has 1 aromatic heterocycles. The standard InChI is InChI=1S/C17H18N2O2S2/c1-22-11-10-19-14-4-2-3-5-15(14)23-17(19)18-13-8-6-12(7-9-13)16(20)21/h2-9,16,20-21H,10-11H2,1H3. The Morgan fingerprint density at radius 1 is 1.13 bits per heavy atom. The van der Waals surface area contributed by atoms with Gasteiger partial charge in [-0.25, -0.2) is 4.99 Å². The largest absolute Gasteiger partial charge is 0.364 e. The van der Waals surface area contributed by atoms with Crippen LogP contribution in [0.2, 0.25) is 0 Å². The highest BCUT2D eigenvalue weighted by molar-refractivity contribution is 7.98. The number of hydrogen-bond acceptors (Lipinski definition) is 5. The predicted octanol–water partition coefficient (Wildman–Crippen LogP) is 3.28. The third-order valence-electron chi connectivity index (χ3n) is 3.52. The van der Waals surface area contributed by atoms with Crippen LogP contribution in [0.25, 0.3) is 10.2 Å². The van der Waals surface area contributed by atoms with Gasteiger partial charge in [-0.1, -0.05) is 35.6 Å². The van der Waals surface area contributed by atoms with Crippen molar-refractivity contribution in [1.82, 2.24) is 4.57 Å². The van der Waals surface area contributed by atoms with E-state index in [-0.39, 0.29) is 0 Å². The zero-order valence-electron chi connectivity index (χ0n) is 12.7. The van der Waals surface area contributed by atoms with Gasteiger partial charge in [-0.2, -0.15) is 11.8 Å². The lowest BCUT2D eigenvalue weighted by atomic mass is 10.2. The zero-order valence-corrected chi connectivity index (χ0v) is 14.3. The van der Waals surface area contributed by atoms with E-state index in [1.54, 1.807) is 35.6 Å². The summed E-state index contributed by atoms with van der Waals surface area (Å²) in [5.41, 5.74) is 2.47. The molecule has 0 aliphatic carbocycles. The van der Waals surface area contributed by atoms with Crippen molar-refractivity contribution in [2.24, 2.45) is 4.99 Å². The van der Waals surface area contributed by atoms with Crippen molar-refractivity contribution < 1.29 is 10.2 Å². The van der Waals surface area contributed by atoms with E-state index >= 15 is 0 Å². The van der Waals surface area contributed by atoms with E-state index in [9.17, 15) is 0 Å². The highest BCUT2D eigenvalue weighted by atomic mass is 32.2. The van der Waals surface area contributed by atoms with E-state index < -0.39 is 6.29 Å². The van der Waals surface area contributed by atoms with Crippen LogP contribution in [-0.4, -0.2) is 26.8 Å². The van der Waals surface area contributed by atoms with E-state index in [2.05, 4.69) is 23.0 Å². The summed E-state index contributed by atoms with van der Waals surface area (Å²) in [5.74, 6) is 1.03. The lowest BCUT2D eigenvalue weighted by Gasteiger charge is -2.04. The number of benzene rings is 2.